The van der Waals surface area contributed by atoms with Gasteiger partial charge in [-0.25, -0.2) is 4.79 Å². The first-order chi connectivity index (χ1) is 8.19. The van der Waals surface area contributed by atoms with Gasteiger partial charge in [-0.15, -0.1) is 0 Å². The van der Waals surface area contributed by atoms with Crippen molar-refractivity contribution >= 4 is 40.4 Å². The van der Waals surface area contributed by atoms with E-state index in [1.165, 1.54) is 0 Å². The van der Waals surface area contributed by atoms with Crippen molar-refractivity contribution in [3.8, 4) is 0 Å². The molecular weight excluding hydrogens is 331 g/mol. The third kappa shape index (κ3) is 4.30. The van der Waals surface area contributed by atoms with E-state index in [1.54, 1.807) is 13.0 Å². The van der Waals surface area contributed by atoms with Crippen LogP contribution < -0.4 is 0 Å². The van der Waals surface area contributed by atoms with Gasteiger partial charge in [0.25, 0.3) is 0 Å². The van der Waals surface area contributed by atoms with Crippen LogP contribution in [0.4, 0.5) is 0 Å². The van der Waals surface area contributed by atoms with E-state index in [1.807, 2.05) is 52.9 Å². The number of ketones is 1. The predicted molar refractivity (Wildman–Crippen MR) is 74.9 cm³/mol. The van der Waals surface area contributed by atoms with E-state index < -0.39 is 5.97 Å². The van der Waals surface area contributed by atoms with Crippen LogP contribution in [0.5, 0.6) is 0 Å². The zero-order chi connectivity index (χ0) is 12.7. The Bertz CT molecular complexity index is 424. The lowest BCUT2D eigenvalue weighted by atomic mass is 10.1. The van der Waals surface area contributed by atoms with E-state index in [-0.39, 0.29) is 22.4 Å². The van der Waals surface area contributed by atoms with Crippen molar-refractivity contribution in [3.63, 3.8) is 0 Å². The fraction of sp³-hybridized carbons (Fsp3) is 0.231. The Morgan fingerprint density at radius 3 is 2.47 bits per heavy atom. The maximum absolute atomic E-state index is 11.7. The summed E-state index contributed by atoms with van der Waals surface area (Å²) in [5.74, 6) is -0.772. The Morgan fingerprint density at radius 2 is 1.94 bits per heavy atom. The molecule has 0 aliphatic heterocycles. The van der Waals surface area contributed by atoms with Crippen molar-refractivity contribution in [2.45, 2.75) is 6.92 Å². The molecule has 0 aliphatic rings. The molecule has 0 heterocycles. The molecule has 0 aliphatic carbocycles. The van der Waals surface area contributed by atoms with Gasteiger partial charge >= 0.3 is 5.97 Å². The highest BCUT2D eigenvalue weighted by molar-refractivity contribution is 14.1. The van der Waals surface area contributed by atoms with Crippen molar-refractivity contribution in [2.75, 3.05) is 11.0 Å². The Morgan fingerprint density at radius 1 is 1.29 bits per heavy atom. The molecule has 0 atom stereocenters. The highest BCUT2D eigenvalue weighted by atomic mass is 127. The zero-order valence-electron chi connectivity index (χ0n) is 9.48. The minimum absolute atomic E-state index is 0.104. The van der Waals surface area contributed by atoms with Crippen molar-refractivity contribution < 1.29 is 14.3 Å². The number of rotatable bonds is 5. The van der Waals surface area contributed by atoms with E-state index in [2.05, 4.69) is 0 Å². The summed E-state index contributed by atoms with van der Waals surface area (Å²) in [6.45, 7) is 1.98. The summed E-state index contributed by atoms with van der Waals surface area (Å²) in [5.41, 5.74) is 0.918. The number of esters is 1. The third-order valence-electron chi connectivity index (χ3n) is 2.03. The number of Topliss-reactive ketones (excluding diaryl/α,β-unsaturated/α-hetero) is 1. The Labute approximate surface area is 114 Å². The summed E-state index contributed by atoms with van der Waals surface area (Å²) in [6, 6.07) is 9.24. The number of carbonyl (C=O) groups is 2. The van der Waals surface area contributed by atoms with Gasteiger partial charge < -0.3 is 4.74 Å². The molecule has 0 radical (unpaired) electrons. The van der Waals surface area contributed by atoms with Gasteiger partial charge in [-0.2, -0.15) is 0 Å². The average molecular weight is 344 g/mol. The van der Waals surface area contributed by atoms with E-state index in [0.29, 0.717) is 0 Å². The third-order valence-corrected chi connectivity index (χ3v) is 2.72. The van der Waals surface area contributed by atoms with Crippen LogP contribution in [0.3, 0.4) is 0 Å². The molecule has 0 unspecified atom stereocenters. The van der Waals surface area contributed by atoms with E-state index in [4.69, 9.17) is 4.74 Å². The topological polar surface area (TPSA) is 43.4 Å². The van der Waals surface area contributed by atoms with Crippen molar-refractivity contribution in [3.05, 3.63) is 41.5 Å². The first-order valence-corrected chi connectivity index (χ1v) is 6.74. The van der Waals surface area contributed by atoms with Crippen LogP contribution in [0.15, 0.2) is 35.9 Å². The number of ether oxygens (including phenoxy) is 1. The number of halogens is 1. The second-order valence-corrected chi connectivity index (χ2v) is 4.01. The fourth-order valence-electron chi connectivity index (χ4n) is 1.25. The summed E-state index contributed by atoms with van der Waals surface area (Å²) >= 11 is 1.93. The van der Waals surface area contributed by atoms with Gasteiger partial charge in [-0.3, -0.25) is 4.79 Å². The van der Waals surface area contributed by atoms with Crippen LogP contribution >= 0.6 is 22.6 Å². The molecule has 1 aromatic rings. The molecule has 0 saturated heterocycles. The molecule has 17 heavy (non-hydrogen) atoms. The predicted octanol–water partition coefficient (Wildman–Crippen LogP) is 2.64. The highest BCUT2D eigenvalue weighted by Gasteiger charge is 2.18. The average Bonchev–Trinajstić information content (AvgIpc) is 2.36. The number of benzene rings is 1. The Balaban J connectivity index is 3.02. The maximum atomic E-state index is 11.7. The van der Waals surface area contributed by atoms with Crippen LogP contribution in [0.1, 0.15) is 12.5 Å². The summed E-state index contributed by atoms with van der Waals surface area (Å²) in [6.07, 6.45) is 1.57. The summed E-state index contributed by atoms with van der Waals surface area (Å²) in [5, 5.41) is 0. The zero-order valence-corrected chi connectivity index (χ0v) is 11.6. The molecule has 3 nitrogen and oxygen atoms in total. The van der Waals surface area contributed by atoms with Crippen molar-refractivity contribution in [2.24, 2.45) is 0 Å². The van der Waals surface area contributed by atoms with Gasteiger partial charge in [0, 0.05) is 0 Å². The quantitative estimate of drug-likeness (QED) is 0.206. The lowest BCUT2D eigenvalue weighted by Crippen LogP contribution is -2.16. The molecule has 1 rings (SSSR count). The molecule has 0 aromatic heterocycles. The van der Waals surface area contributed by atoms with E-state index >= 15 is 0 Å². The number of alkyl halides is 1. The molecule has 0 saturated carbocycles. The van der Waals surface area contributed by atoms with E-state index in [0.717, 1.165) is 5.56 Å². The van der Waals surface area contributed by atoms with Crippen molar-refractivity contribution in [1.82, 2.24) is 0 Å². The standard InChI is InChI=1S/C13H13IO3/c1-2-17-13(16)11(12(15)9-14)8-10-6-4-3-5-7-10/h3-8H,2,9H2,1H3/b11-8-. The first kappa shape index (κ1) is 13.9. The molecule has 0 fully saturated rings. The Kier molecular flexibility index (Phi) is 5.90. The van der Waals surface area contributed by atoms with Crippen molar-refractivity contribution in [1.29, 1.82) is 0 Å². The van der Waals surface area contributed by atoms with Gasteiger partial charge in [-0.05, 0) is 18.6 Å². The molecule has 0 bridgehead atoms. The van der Waals surface area contributed by atoms with Gasteiger partial charge in [0.15, 0.2) is 5.78 Å². The lowest BCUT2D eigenvalue weighted by molar-refractivity contribution is -0.139. The normalized spacial score (nSPS) is 11.1. The summed E-state index contributed by atoms with van der Waals surface area (Å²) < 4.78 is 5.13. The molecule has 90 valence electrons. The first-order valence-electron chi connectivity index (χ1n) is 5.22. The van der Waals surface area contributed by atoms with Gasteiger partial charge in [0.05, 0.1) is 11.0 Å². The van der Waals surface area contributed by atoms with E-state index in [9.17, 15) is 9.59 Å². The molecule has 1 aromatic carbocycles. The molecular formula is C13H13IO3. The summed E-state index contributed by atoms with van der Waals surface area (Å²) in [7, 11) is 0. The minimum atomic E-state index is -0.557. The number of hydrogen-bond acceptors (Lipinski definition) is 3. The second-order valence-electron chi connectivity index (χ2n) is 3.25. The Hall–Kier alpha value is -1.17. The second kappa shape index (κ2) is 7.21. The number of carbonyl (C=O) groups excluding carboxylic acids is 2. The van der Waals surface area contributed by atoms with Crippen LogP contribution in [0.2, 0.25) is 0 Å². The number of hydrogen-bond donors (Lipinski definition) is 0. The molecule has 0 N–H and O–H groups in total. The molecule has 0 spiro atoms. The largest absolute Gasteiger partial charge is 0.462 e. The lowest BCUT2D eigenvalue weighted by Gasteiger charge is -2.04. The monoisotopic (exact) mass is 344 g/mol. The van der Waals surface area contributed by atoms with Crippen LogP contribution in [0.25, 0.3) is 6.08 Å². The summed E-state index contributed by atoms with van der Waals surface area (Å²) in [4.78, 5) is 23.3. The minimum Gasteiger partial charge on any atom is -0.462 e. The molecule has 0 amide bonds. The van der Waals surface area contributed by atoms with Gasteiger partial charge in [-0.1, -0.05) is 52.9 Å². The highest BCUT2D eigenvalue weighted by Crippen LogP contribution is 2.10. The fourth-order valence-corrected chi connectivity index (χ4v) is 1.66. The van der Waals surface area contributed by atoms with Crippen LogP contribution in [-0.2, 0) is 14.3 Å². The van der Waals surface area contributed by atoms with Gasteiger partial charge in [0.1, 0.15) is 5.57 Å². The van der Waals surface area contributed by atoms with Crippen LogP contribution in [-0.4, -0.2) is 22.8 Å². The maximum Gasteiger partial charge on any atom is 0.341 e. The molecule has 4 heteroatoms. The van der Waals surface area contributed by atoms with Gasteiger partial charge in [0.2, 0.25) is 0 Å². The van der Waals surface area contributed by atoms with Crippen LogP contribution in [0, 0.1) is 0 Å². The SMILES string of the molecule is CCOC(=O)/C(=C\c1ccccc1)C(=O)CI. The smallest absolute Gasteiger partial charge is 0.341 e.